The molecule has 6 heteroatoms. The molecule has 23 heavy (non-hydrogen) atoms. The molecule has 2 aliphatic heterocycles. The van der Waals surface area contributed by atoms with Crippen LogP contribution >= 0.6 is 12.2 Å². The fraction of sp³-hybridized carbons (Fsp3) is 0.647. The van der Waals surface area contributed by atoms with Gasteiger partial charge in [-0.1, -0.05) is 6.07 Å². The maximum atomic E-state index is 5.64. The van der Waals surface area contributed by atoms with Crippen LogP contribution in [0.4, 0.5) is 0 Å². The van der Waals surface area contributed by atoms with E-state index >= 15 is 0 Å². The third-order valence-electron chi connectivity index (χ3n) is 4.49. The van der Waals surface area contributed by atoms with Crippen molar-refractivity contribution in [3.8, 4) is 0 Å². The lowest BCUT2D eigenvalue weighted by Gasteiger charge is -2.25. The lowest BCUT2D eigenvalue weighted by molar-refractivity contribution is 0.113. The first kappa shape index (κ1) is 16.6. The van der Waals surface area contributed by atoms with Crippen molar-refractivity contribution in [2.24, 2.45) is 0 Å². The van der Waals surface area contributed by atoms with Gasteiger partial charge >= 0.3 is 0 Å². The van der Waals surface area contributed by atoms with Gasteiger partial charge in [-0.25, -0.2) is 0 Å². The van der Waals surface area contributed by atoms with Crippen molar-refractivity contribution in [2.75, 3.05) is 39.3 Å². The Hall–Kier alpha value is -1.24. The minimum atomic E-state index is 0.334. The lowest BCUT2D eigenvalue weighted by Crippen LogP contribution is -2.44. The summed E-state index contributed by atoms with van der Waals surface area (Å²) in [5.74, 6) is 0. The summed E-state index contributed by atoms with van der Waals surface area (Å²) in [5.41, 5.74) is 1.14. The van der Waals surface area contributed by atoms with Crippen LogP contribution in [0.15, 0.2) is 24.4 Å². The molecule has 126 valence electrons. The monoisotopic (exact) mass is 334 g/mol. The van der Waals surface area contributed by atoms with Crippen molar-refractivity contribution >= 4 is 17.3 Å². The Bertz CT molecular complexity index is 493. The smallest absolute Gasteiger partial charge is 0.169 e. The number of hydrogen-bond donors (Lipinski definition) is 1. The van der Waals surface area contributed by atoms with Gasteiger partial charge in [0.2, 0.25) is 0 Å². The van der Waals surface area contributed by atoms with Gasteiger partial charge in [0.05, 0.1) is 11.8 Å². The molecule has 1 atom stereocenters. The molecule has 0 spiro atoms. The van der Waals surface area contributed by atoms with E-state index in [0.29, 0.717) is 6.10 Å². The maximum absolute atomic E-state index is 5.64. The zero-order valence-corrected chi connectivity index (χ0v) is 14.4. The van der Waals surface area contributed by atoms with E-state index < -0.39 is 0 Å². The molecule has 0 aliphatic carbocycles. The van der Waals surface area contributed by atoms with Gasteiger partial charge in [0, 0.05) is 52.1 Å². The maximum Gasteiger partial charge on any atom is 0.169 e. The second kappa shape index (κ2) is 8.57. The summed E-state index contributed by atoms with van der Waals surface area (Å²) in [4.78, 5) is 9.18. The highest BCUT2D eigenvalue weighted by Crippen LogP contribution is 2.11. The molecule has 1 unspecified atom stereocenters. The molecular formula is C17H26N4OS. The van der Waals surface area contributed by atoms with E-state index in [9.17, 15) is 0 Å². The summed E-state index contributed by atoms with van der Waals surface area (Å²) in [6.45, 7) is 6.78. The third-order valence-corrected chi connectivity index (χ3v) is 4.89. The van der Waals surface area contributed by atoms with E-state index in [-0.39, 0.29) is 0 Å². The van der Waals surface area contributed by atoms with Gasteiger partial charge in [-0.15, -0.1) is 0 Å². The predicted molar refractivity (Wildman–Crippen MR) is 95.3 cm³/mol. The molecule has 1 N–H and O–H groups in total. The highest BCUT2D eigenvalue weighted by molar-refractivity contribution is 7.80. The topological polar surface area (TPSA) is 40.6 Å². The number of nitrogens with zero attached hydrogens (tertiary/aromatic N) is 3. The average molecular weight is 334 g/mol. The van der Waals surface area contributed by atoms with Crippen LogP contribution in [0.5, 0.6) is 0 Å². The van der Waals surface area contributed by atoms with Gasteiger partial charge in [-0.05, 0) is 43.6 Å². The van der Waals surface area contributed by atoms with Gasteiger partial charge in [0.15, 0.2) is 5.11 Å². The summed E-state index contributed by atoms with van der Waals surface area (Å²) in [7, 11) is 0. The Morgan fingerprint density at radius 1 is 1.26 bits per heavy atom. The molecule has 1 aromatic rings. The summed E-state index contributed by atoms with van der Waals surface area (Å²) >= 11 is 5.57. The van der Waals surface area contributed by atoms with E-state index in [0.717, 1.165) is 69.5 Å². The Morgan fingerprint density at radius 2 is 2.22 bits per heavy atom. The van der Waals surface area contributed by atoms with Gasteiger partial charge < -0.3 is 15.0 Å². The van der Waals surface area contributed by atoms with Crippen LogP contribution in [-0.2, 0) is 11.3 Å². The van der Waals surface area contributed by atoms with Gasteiger partial charge in [-0.2, -0.15) is 0 Å². The first-order valence-electron chi connectivity index (χ1n) is 8.58. The van der Waals surface area contributed by atoms with E-state index in [1.165, 1.54) is 6.42 Å². The van der Waals surface area contributed by atoms with Crippen LogP contribution in [-0.4, -0.2) is 65.3 Å². The molecule has 1 aromatic heterocycles. The number of hydrogen-bond acceptors (Lipinski definition) is 4. The quantitative estimate of drug-likeness (QED) is 0.845. The molecule has 0 aromatic carbocycles. The number of nitrogens with one attached hydrogen (secondary N) is 1. The van der Waals surface area contributed by atoms with Crippen LogP contribution < -0.4 is 5.32 Å². The zero-order valence-electron chi connectivity index (χ0n) is 13.6. The minimum Gasteiger partial charge on any atom is -0.376 e. The van der Waals surface area contributed by atoms with Gasteiger partial charge in [0.25, 0.3) is 0 Å². The van der Waals surface area contributed by atoms with Gasteiger partial charge in [0.1, 0.15) is 0 Å². The molecule has 3 heterocycles. The standard InChI is InChI=1S/C17H26N4OS/c23-17(19-13-16-6-3-12-22-16)21-9-4-8-20(10-11-21)14-15-5-1-2-7-18-15/h1-2,5,7,16H,3-4,6,8-14H2,(H,19,23). The highest BCUT2D eigenvalue weighted by Gasteiger charge is 2.19. The molecule has 2 aliphatic rings. The molecular weight excluding hydrogens is 308 g/mol. The molecule has 2 saturated heterocycles. The zero-order chi connectivity index (χ0) is 15.9. The first-order chi connectivity index (χ1) is 11.3. The van der Waals surface area contributed by atoms with Crippen LogP contribution in [0.2, 0.25) is 0 Å². The third kappa shape index (κ3) is 5.12. The number of thiocarbonyl (C=S) groups is 1. The van der Waals surface area contributed by atoms with Crippen LogP contribution in [0.3, 0.4) is 0 Å². The molecule has 0 saturated carbocycles. The van der Waals surface area contributed by atoms with Crippen molar-refractivity contribution in [1.82, 2.24) is 20.1 Å². The second-order valence-corrected chi connectivity index (χ2v) is 6.65. The lowest BCUT2D eigenvalue weighted by atomic mass is 10.2. The predicted octanol–water partition coefficient (Wildman–Crippen LogP) is 1.64. The van der Waals surface area contributed by atoms with Crippen LogP contribution in [0, 0.1) is 0 Å². The summed E-state index contributed by atoms with van der Waals surface area (Å²) in [6, 6.07) is 6.11. The molecule has 0 radical (unpaired) electrons. The summed E-state index contributed by atoms with van der Waals surface area (Å²) in [6.07, 6.45) is 5.65. The molecule has 3 rings (SSSR count). The minimum absolute atomic E-state index is 0.334. The fourth-order valence-electron chi connectivity index (χ4n) is 3.17. The normalized spacial score (nSPS) is 22.8. The van der Waals surface area contributed by atoms with Crippen LogP contribution in [0.25, 0.3) is 0 Å². The number of ether oxygens (including phenoxy) is 1. The first-order valence-corrected chi connectivity index (χ1v) is 8.99. The van der Waals surface area contributed by atoms with Crippen molar-refractivity contribution in [3.05, 3.63) is 30.1 Å². The number of rotatable bonds is 4. The largest absolute Gasteiger partial charge is 0.376 e. The fourth-order valence-corrected chi connectivity index (χ4v) is 3.44. The van der Waals surface area contributed by atoms with E-state index in [4.69, 9.17) is 17.0 Å². The molecule has 5 nitrogen and oxygen atoms in total. The van der Waals surface area contributed by atoms with Crippen molar-refractivity contribution in [1.29, 1.82) is 0 Å². The van der Waals surface area contributed by atoms with E-state index in [1.54, 1.807) is 0 Å². The highest BCUT2D eigenvalue weighted by atomic mass is 32.1. The van der Waals surface area contributed by atoms with Gasteiger partial charge in [-0.3, -0.25) is 9.88 Å². The summed E-state index contributed by atoms with van der Waals surface area (Å²) < 4.78 is 5.64. The van der Waals surface area contributed by atoms with E-state index in [1.807, 2.05) is 12.3 Å². The second-order valence-electron chi connectivity index (χ2n) is 6.26. The average Bonchev–Trinajstić information content (AvgIpc) is 2.99. The van der Waals surface area contributed by atoms with E-state index in [2.05, 4.69) is 32.2 Å². The SMILES string of the molecule is S=C(NCC1CCCO1)N1CCCN(Cc2ccccn2)CC1. The Balaban J connectivity index is 1.43. The molecule has 0 amide bonds. The van der Waals surface area contributed by atoms with Crippen molar-refractivity contribution in [2.45, 2.75) is 31.9 Å². The van der Waals surface area contributed by atoms with Crippen molar-refractivity contribution in [3.63, 3.8) is 0 Å². The number of pyridine rings is 1. The van der Waals surface area contributed by atoms with Crippen LogP contribution in [0.1, 0.15) is 25.0 Å². The van der Waals surface area contributed by atoms with Crippen molar-refractivity contribution < 1.29 is 4.74 Å². The Kier molecular flexibility index (Phi) is 6.19. The Labute approximate surface area is 144 Å². The molecule has 0 bridgehead atoms. The molecule has 2 fully saturated rings. The Morgan fingerprint density at radius 3 is 3.00 bits per heavy atom. The number of aromatic nitrogens is 1. The summed E-state index contributed by atoms with van der Waals surface area (Å²) in [5, 5.41) is 4.26.